The Bertz CT molecular complexity index is 612. The van der Waals surface area contributed by atoms with E-state index in [1.54, 1.807) is 4.90 Å². The Morgan fingerprint density at radius 3 is 2.20 bits per heavy atom. The van der Waals surface area contributed by atoms with Gasteiger partial charge in [0.2, 0.25) is 8.32 Å². The van der Waals surface area contributed by atoms with Gasteiger partial charge in [0.15, 0.2) is 4.90 Å². The monoisotopic (exact) mass is 303 g/mol. The van der Waals surface area contributed by atoms with Gasteiger partial charge in [-0.15, -0.1) is 0 Å². The number of hydrogen-bond donors (Lipinski definition) is 0. The third kappa shape index (κ3) is 2.89. The summed E-state index contributed by atoms with van der Waals surface area (Å²) in [6.07, 6.45) is 2.79. The zero-order chi connectivity index (χ0) is 14.2. The maximum Gasteiger partial charge on any atom is 0.242 e. The molecule has 0 aromatic heterocycles. The van der Waals surface area contributed by atoms with E-state index >= 15 is 0 Å². The van der Waals surface area contributed by atoms with Crippen molar-refractivity contribution in [2.45, 2.75) is 37.4 Å². The summed E-state index contributed by atoms with van der Waals surface area (Å²) in [4.78, 5) is 1.56. The molecule has 1 saturated heterocycles. The van der Waals surface area contributed by atoms with E-state index in [1.165, 1.54) is 35.1 Å². The molecule has 0 radical (unpaired) electrons. The van der Waals surface area contributed by atoms with Crippen LogP contribution in [0.15, 0.2) is 41.3 Å². The molecule has 106 valence electrons. The first-order valence-electron chi connectivity index (χ1n) is 7.43. The summed E-state index contributed by atoms with van der Waals surface area (Å²) >= 11 is 0. The van der Waals surface area contributed by atoms with Gasteiger partial charge in [-0.1, -0.05) is 18.2 Å². The first kappa shape index (κ1) is 14.0. The van der Waals surface area contributed by atoms with Gasteiger partial charge in [0.25, 0.3) is 0 Å². The normalized spacial score (nSPS) is 16.8. The minimum absolute atomic E-state index is 0.459. The van der Waals surface area contributed by atoms with Crippen LogP contribution in [0.1, 0.15) is 12.8 Å². The molecule has 0 bridgehead atoms. The Morgan fingerprint density at radius 2 is 1.55 bits per heavy atom. The lowest BCUT2D eigenvalue weighted by Crippen LogP contribution is -2.29. The molecule has 0 N–H and O–H groups in total. The van der Waals surface area contributed by atoms with Gasteiger partial charge in [-0.05, 0) is 50.7 Å². The summed E-state index contributed by atoms with van der Waals surface area (Å²) in [7, 11) is -1.10. The zero-order valence-electron chi connectivity index (χ0n) is 12.6. The van der Waals surface area contributed by atoms with Crippen molar-refractivity contribution < 1.29 is 4.43 Å². The van der Waals surface area contributed by atoms with Gasteiger partial charge in [0.05, 0.1) is 0 Å². The number of fused-ring (bicyclic) bond motifs is 1. The van der Waals surface area contributed by atoms with E-state index < -0.39 is 8.32 Å². The Hall–Kier alpha value is -0.933. The Kier molecular flexibility index (Phi) is 3.82. The second kappa shape index (κ2) is 5.45. The highest BCUT2D eigenvalue weighted by Crippen LogP contribution is 2.35. The highest BCUT2D eigenvalue weighted by atomic mass is 32.2. The second-order valence-electron chi connectivity index (χ2n) is 6.43. The summed E-state index contributed by atoms with van der Waals surface area (Å²) in [6, 6.07) is 13.3. The molecule has 0 atom stereocenters. The third-order valence-electron chi connectivity index (χ3n) is 3.60. The van der Waals surface area contributed by atoms with Gasteiger partial charge in [-0.3, -0.25) is 0 Å². The topological polar surface area (TPSA) is 9.23 Å². The fraction of sp³-hybridized carbons (Fsp3) is 0.412. The molecule has 1 nitrogen and oxygen atoms in total. The molecule has 2 aromatic rings. The van der Waals surface area contributed by atoms with Crippen LogP contribution in [0.4, 0.5) is 0 Å². The van der Waals surface area contributed by atoms with Crippen LogP contribution in [0.2, 0.25) is 19.6 Å². The zero-order valence-corrected chi connectivity index (χ0v) is 14.4. The van der Waals surface area contributed by atoms with Crippen molar-refractivity contribution in [1.29, 1.82) is 0 Å². The number of benzene rings is 2. The van der Waals surface area contributed by atoms with Crippen LogP contribution in [0.5, 0.6) is 5.75 Å². The van der Waals surface area contributed by atoms with Crippen molar-refractivity contribution in [2.75, 3.05) is 11.5 Å². The van der Waals surface area contributed by atoms with E-state index in [4.69, 9.17) is 4.43 Å². The lowest BCUT2D eigenvalue weighted by molar-refractivity contribution is 0.564. The van der Waals surface area contributed by atoms with Gasteiger partial charge in [-0.2, -0.15) is 0 Å². The molecule has 1 aliphatic rings. The smallest absolute Gasteiger partial charge is 0.242 e. The molecule has 0 saturated carbocycles. The molecule has 20 heavy (non-hydrogen) atoms. The molecule has 0 spiro atoms. The summed E-state index contributed by atoms with van der Waals surface area (Å²) in [5.41, 5.74) is 0. The van der Waals surface area contributed by atoms with Crippen molar-refractivity contribution in [3.05, 3.63) is 36.4 Å². The van der Waals surface area contributed by atoms with E-state index in [-0.39, 0.29) is 0 Å². The fourth-order valence-corrected chi connectivity index (χ4v) is 6.13. The average molecular weight is 304 g/mol. The maximum atomic E-state index is 6.27. The fourth-order valence-electron chi connectivity index (χ4n) is 2.79. The molecule has 1 aliphatic heterocycles. The van der Waals surface area contributed by atoms with Gasteiger partial charge in [0, 0.05) is 21.7 Å². The summed E-state index contributed by atoms with van der Waals surface area (Å²) < 4.78 is 6.27. The highest BCUT2D eigenvalue weighted by molar-refractivity contribution is 7.97. The number of hydrogen-bond acceptors (Lipinski definition) is 1. The highest BCUT2D eigenvalue weighted by Gasteiger charge is 2.29. The quantitative estimate of drug-likeness (QED) is 0.583. The van der Waals surface area contributed by atoms with E-state index in [2.05, 4.69) is 56.0 Å². The molecular formula is C17H23OSSi+. The van der Waals surface area contributed by atoms with Gasteiger partial charge < -0.3 is 4.43 Å². The van der Waals surface area contributed by atoms with Gasteiger partial charge in [0.1, 0.15) is 17.3 Å². The molecule has 2 aromatic carbocycles. The van der Waals surface area contributed by atoms with Crippen LogP contribution in [-0.4, -0.2) is 19.8 Å². The molecule has 3 heteroatoms. The van der Waals surface area contributed by atoms with E-state index in [1.807, 2.05) is 0 Å². The van der Waals surface area contributed by atoms with Crippen molar-refractivity contribution in [1.82, 2.24) is 0 Å². The van der Waals surface area contributed by atoms with E-state index in [0.29, 0.717) is 10.9 Å². The van der Waals surface area contributed by atoms with Gasteiger partial charge in [-0.25, -0.2) is 0 Å². The average Bonchev–Trinajstić information content (AvgIpc) is 2.91. The van der Waals surface area contributed by atoms with Crippen LogP contribution >= 0.6 is 0 Å². The second-order valence-corrected chi connectivity index (χ2v) is 13.1. The van der Waals surface area contributed by atoms with Crippen LogP contribution < -0.4 is 4.43 Å². The van der Waals surface area contributed by atoms with Gasteiger partial charge >= 0.3 is 0 Å². The molecule has 0 amide bonds. The largest absolute Gasteiger partial charge is 0.544 e. The molecule has 3 rings (SSSR count). The minimum atomic E-state index is -1.56. The predicted molar refractivity (Wildman–Crippen MR) is 92.5 cm³/mol. The number of rotatable bonds is 3. The molecule has 0 aliphatic carbocycles. The van der Waals surface area contributed by atoms with Crippen LogP contribution in [0.3, 0.4) is 0 Å². The summed E-state index contributed by atoms with van der Waals surface area (Å²) in [5, 5.41) is 2.71. The Balaban J connectivity index is 2.09. The first-order valence-corrected chi connectivity index (χ1v) is 12.4. The van der Waals surface area contributed by atoms with Crippen molar-refractivity contribution in [3.63, 3.8) is 0 Å². The molecular weight excluding hydrogens is 280 g/mol. The van der Waals surface area contributed by atoms with Crippen molar-refractivity contribution in [3.8, 4) is 5.75 Å². The van der Waals surface area contributed by atoms with Crippen molar-refractivity contribution in [2.24, 2.45) is 0 Å². The van der Waals surface area contributed by atoms with Crippen LogP contribution in [0.25, 0.3) is 10.8 Å². The minimum Gasteiger partial charge on any atom is -0.544 e. The lowest BCUT2D eigenvalue weighted by atomic mass is 10.1. The standard InChI is InChI=1S/C17H23OSSi/c1-20(2,3)18-16-10-11-17(19-12-6-7-13-19)15-9-5-4-8-14(15)16/h4-5,8-11H,6-7,12-13H2,1-3H3/q+1. The van der Waals surface area contributed by atoms with Crippen molar-refractivity contribution >= 4 is 30.0 Å². The molecule has 1 fully saturated rings. The summed E-state index contributed by atoms with van der Waals surface area (Å²) in [5.74, 6) is 3.82. The summed E-state index contributed by atoms with van der Waals surface area (Å²) in [6.45, 7) is 6.73. The third-order valence-corrected chi connectivity index (χ3v) is 6.98. The predicted octanol–water partition coefficient (Wildman–Crippen LogP) is 4.82. The Morgan fingerprint density at radius 1 is 0.900 bits per heavy atom. The molecule has 0 unspecified atom stereocenters. The SMILES string of the molecule is C[Si](C)(C)Oc1ccc([S+]2CCCC2)c2ccccc12. The maximum absolute atomic E-state index is 6.27. The lowest BCUT2D eigenvalue weighted by Gasteiger charge is -2.21. The first-order chi connectivity index (χ1) is 9.54. The van der Waals surface area contributed by atoms with E-state index in [9.17, 15) is 0 Å². The van der Waals surface area contributed by atoms with Crippen LogP contribution in [0, 0.1) is 0 Å². The molecule has 1 heterocycles. The van der Waals surface area contributed by atoms with E-state index in [0.717, 1.165) is 5.75 Å². The van der Waals surface area contributed by atoms with Crippen LogP contribution in [-0.2, 0) is 10.9 Å². The Labute approximate surface area is 125 Å².